The Balaban J connectivity index is 3.02. The second-order valence-corrected chi connectivity index (χ2v) is 11.4. The van der Waals surface area contributed by atoms with Crippen LogP contribution in [0.15, 0.2) is 22.7 Å². The van der Waals surface area contributed by atoms with Crippen molar-refractivity contribution >= 4 is 24.2 Å². The summed E-state index contributed by atoms with van der Waals surface area (Å²) in [5.74, 6) is 0.836. The van der Waals surface area contributed by atoms with Crippen LogP contribution in [0.2, 0.25) is 18.1 Å². The smallest absolute Gasteiger partial charge is 0.250 e. The second kappa shape index (κ2) is 5.12. The van der Waals surface area contributed by atoms with Crippen LogP contribution in [0.25, 0.3) is 0 Å². The van der Waals surface area contributed by atoms with Crippen LogP contribution in [0.3, 0.4) is 0 Å². The van der Waals surface area contributed by atoms with Gasteiger partial charge in [0.25, 0.3) is 8.32 Å². The first-order valence-electron chi connectivity index (χ1n) is 5.76. The van der Waals surface area contributed by atoms with E-state index in [9.17, 15) is 0 Å². The largest absolute Gasteiger partial charge is 0.543 e. The lowest BCUT2D eigenvalue weighted by atomic mass is 10.2. The lowest BCUT2D eigenvalue weighted by molar-refractivity contribution is 0.281. The molecule has 1 N–H and O–H groups in total. The zero-order valence-corrected chi connectivity index (χ0v) is 13.8. The van der Waals surface area contributed by atoms with E-state index < -0.39 is 8.32 Å². The maximum atomic E-state index is 9.15. The van der Waals surface area contributed by atoms with Crippen LogP contribution in [0, 0.1) is 0 Å². The molecule has 17 heavy (non-hydrogen) atoms. The van der Waals surface area contributed by atoms with Crippen LogP contribution in [-0.4, -0.2) is 13.4 Å². The number of rotatable bonds is 3. The molecular formula is C13H21BrO2Si. The molecule has 0 aliphatic rings. The molecule has 2 nitrogen and oxygen atoms in total. The predicted molar refractivity (Wildman–Crippen MR) is 77.9 cm³/mol. The van der Waals surface area contributed by atoms with E-state index >= 15 is 0 Å². The number of hydrogen-bond donors (Lipinski definition) is 1. The third kappa shape index (κ3) is 3.57. The van der Waals surface area contributed by atoms with Crippen molar-refractivity contribution in [3.05, 3.63) is 28.2 Å². The predicted octanol–water partition coefficient (Wildman–Crippen LogP) is 4.33. The van der Waals surface area contributed by atoms with Gasteiger partial charge in [-0.1, -0.05) is 26.8 Å². The molecule has 1 aromatic rings. The summed E-state index contributed by atoms with van der Waals surface area (Å²) in [6, 6.07) is 5.72. The molecular weight excluding hydrogens is 296 g/mol. The van der Waals surface area contributed by atoms with Gasteiger partial charge in [0.15, 0.2) is 0 Å². The normalized spacial score (nSPS) is 12.6. The molecule has 0 unspecified atom stereocenters. The highest BCUT2D eigenvalue weighted by Gasteiger charge is 2.39. The average Bonchev–Trinajstić information content (AvgIpc) is 2.19. The molecule has 4 heteroatoms. The fourth-order valence-electron chi connectivity index (χ4n) is 1.15. The molecule has 0 bridgehead atoms. The van der Waals surface area contributed by atoms with Crippen molar-refractivity contribution in [2.45, 2.75) is 45.5 Å². The standard InChI is InChI=1S/C13H21BrO2Si/c1-13(2,3)17(4,5)16-12-8-10(9-15)6-7-11(12)14/h6-8,15H,9H2,1-5H3. The van der Waals surface area contributed by atoms with Gasteiger partial charge in [0.05, 0.1) is 11.1 Å². The summed E-state index contributed by atoms with van der Waals surface area (Å²) < 4.78 is 7.16. The molecule has 0 aliphatic carbocycles. The Bertz CT molecular complexity index is 397. The van der Waals surface area contributed by atoms with Crippen molar-refractivity contribution in [1.29, 1.82) is 0 Å². The van der Waals surface area contributed by atoms with Gasteiger partial charge in [-0.15, -0.1) is 0 Å². The van der Waals surface area contributed by atoms with Crippen LogP contribution in [0.4, 0.5) is 0 Å². The van der Waals surface area contributed by atoms with Gasteiger partial charge in [-0.05, 0) is 51.8 Å². The minimum Gasteiger partial charge on any atom is -0.543 e. The van der Waals surface area contributed by atoms with Crippen molar-refractivity contribution in [3.8, 4) is 5.75 Å². The molecule has 0 aliphatic heterocycles. The van der Waals surface area contributed by atoms with Gasteiger partial charge in [0, 0.05) is 0 Å². The molecule has 1 rings (SSSR count). The Kier molecular flexibility index (Phi) is 4.44. The third-order valence-electron chi connectivity index (χ3n) is 3.35. The minimum absolute atomic E-state index is 0.0428. The summed E-state index contributed by atoms with van der Waals surface area (Å²) in [5.41, 5.74) is 0.877. The zero-order valence-electron chi connectivity index (χ0n) is 11.2. The number of aliphatic hydroxyl groups excluding tert-OH is 1. The summed E-state index contributed by atoms with van der Waals surface area (Å²) in [4.78, 5) is 0. The van der Waals surface area contributed by atoms with Crippen molar-refractivity contribution < 1.29 is 9.53 Å². The third-order valence-corrected chi connectivity index (χ3v) is 8.35. The molecule has 1 aromatic carbocycles. The molecule has 0 saturated carbocycles. The highest BCUT2D eigenvalue weighted by Crippen LogP contribution is 2.39. The van der Waals surface area contributed by atoms with Crippen LogP contribution in [0.5, 0.6) is 5.75 Å². The van der Waals surface area contributed by atoms with E-state index in [-0.39, 0.29) is 11.6 Å². The molecule has 0 fully saturated rings. The molecule has 0 spiro atoms. The van der Waals surface area contributed by atoms with Gasteiger partial charge in [-0.3, -0.25) is 0 Å². The van der Waals surface area contributed by atoms with E-state index in [0.717, 1.165) is 15.8 Å². The zero-order chi connectivity index (χ0) is 13.3. The van der Waals surface area contributed by atoms with Gasteiger partial charge >= 0.3 is 0 Å². The van der Waals surface area contributed by atoms with Crippen molar-refractivity contribution in [1.82, 2.24) is 0 Å². The number of hydrogen-bond acceptors (Lipinski definition) is 2. The molecule has 0 aromatic heterocycles. The van der Waals surface area contributed by atoms with Crippen LogP contribution in [-0.2, 0) is 6.61 Å². The lowest BCUT2D eigenvalue weighted by Gasteiger charge is -2.36. The monoisotopic (exact) mass is 316 g/mol. The van der Waals surface area contributed by atoms with E-state index in [1.54, 1.807) is 0 Å². The Morgan fingerprint density at radius 1 is 1.29 bits per heavy atom. The first kappa shape index (κ1) is 14.7. The molecule has 0 heterocycles. The average molecular weight is 317 g/mol. The van der Waals surface area contributed by atoms with Gasteiger partial charge in [-0.25, -0.2) is 0 Å². The molecule has 0 radical (unpaired) electrons. The van der Waals surface area contributed by atoms with E-state index in [1.807, 2.05) is 18.2 Å². The van der Waals surface area contributed by atoms with Gasteiger partial charge in [0.1, 0.15) is 5.75 Å². The Morgan fingerprint density at radius 3 is 2.35 bits per heavy atom. The van der Waals surface area contributed by atoms with E-state index in [4.69, 9.17) is 9.53 Å². The molecule has 0 amide bonds. The summed E-state index contributed by atoms with van der Waals surface area (Å²) >= 11 is 3.49. The number of halogens is 1. The Hall–Kier alpha value is -0.323. The fraction of sp³-hybridized carbons (Fsp3) is 0.538. The lowest BCUT2D eigenvalue weighted by Crippen LogP contribution is -2.43. The van der Waals surface area contributed by atoms with Crippen molar-refractivity contribution in [3.63, 3.8) is 0 Å². The first-order valence-corrected chi connectivity index (χ1v) is 9.46. The van der Waals surface area contributed by atoms with E-state index in [2.05, 4.69) is 49.8 Å². The van der Waals surface area contributed by atoms with Crippen molar-refractivity contribution in [2.24, 2.45) is 0 Å². The highest BCUT2D eigenvalue weighted by molar-refractivity contribution is 9.10. The maximum Gasteiger partial charge on any atom is 0.250 e. The topological polar surface area (TPSA) is 29.5 Å². The molecule has 0 atom stereocenters. The second-order valence-electron chi connectivity index (χ2n) is 5.79. The van der Waals surface area contributed by atoms with Crippen LogP contribution >= 0.6 is 15.9 Å². The van der Waals surface area contributed by atoms with Crippen LogP contribution < -0.4 is 4.43 Å². The van der Waals surface area contributed by atoms with E-state index in [1.165, 1.54) is 0 Å². The van der Waals surface area contributed by atoms with Crippen molar-refractivity contribution in [2.75, 3.05) is 0 Å². The van der Waals surface area contributed by atoms with Crippen LogP contribution in [0.1, 0.15) is 26.3 Å². The summed E-state index contributed by atoms with van der Waals surface area (Å²) in [6.07, 6.45) is 0. The molecule has 0 saturated heterocycles. The van der Waals surface area contributed by atoms with Gasteiger partial charge in [0.2, 0.25) is 0 Å². The fourth-order valence-corrected chi connectivity index (χ4v) is 2.65. The number of benzene rings is 1. The highest BCUT2D eigenvalue weighted by atomic mass is 79.9. The SMILES string of the molecule is CC(C)(C)[Si](C)(C)Oc1cc(CO)ccc1Br. The summed E-state index contributed by atoms with van der Waals surface area (Å²) in [5, 5.41) is 9.32. The van der Waals surface area contributed by atoms with Gasteiger partial charge < -0.3 is 9.53 Å². The summed E-state index contributed by atoms with van der Waals surface area (Å²) in [6.45, 7) is 11.1. The van der Waals surface area contributed by atoms with Gasteiger partial charge in [-0.2, -0.15) is 0 Å². The first-order chi connectivity index (χ1) is 7.67. The minimum atomic E-state index is -1.82. The summed E-state index contributed by atoms with van der Waals surface area (Å²) in [7, 11) is -1.82. The Morgan fingerprint density at radius 2 is 1.88 bits per heavy atom. The number of aliphatic hydroxyl groups is 1. The molecule has 96 valence electrons. The maximum absolute atomic E-state index is 9.15. The quantitative estimate of drug-likeness (QED) is 0.841. The Labute approximate surface area is 113 Å². The van der Waals surface area contributed by atoms with E-state index in [0.29, 0.717) is 0 Å².